The van der Waals surface area contributed by atoms with Crippen LogP contribution in [0.25, 0.3) is 0 Å². The average molecular weight is 489 g/mol. The van der Waals surface area contributed by atoms with E-state index in [0.29, 0.717) is 5.56 Å². The van der Waals surface area contributed by atoms with Gasteiger partial charge >= 0.3 is 5.97 Å². The number of ketones is 1. The van der Waals surface area contributed by atoms with Crippen molar-refractivity contribution in [3.63, 3.8) is 0 Å². The van der Waals surface area contributed by atoms with E-state index in [1.807, 2.05) is 0 Å². The molecule has 0 spiro atoms. The van der Waals surface area contributed by atoms with Gasteiger partial charge in [0.2, 0.25) is 5.78 Å². The summed E-state index contributed by atoms with van der Waals surface area (Å²) in [5.74, 6) is -1.36. The predicted molar refractivity (Wildman–Crippen MR) is 121 cm³/mol. The largest absolute Gasteiger partial charge is 0.451 e. The predicted octanol–water partition coefficient (Wildman–Crippen LogP) is 4.48. The Morgan fingerprint density at radius 3 is 2.33 bits per heavy atom. The Morgan fingerprint density at radius 2 is 1.67 bits per heavy atom. The average Bonchev–Trinajstić information content (AvgIpc) is 2.79. The van der Waals surface area contributed by atoms with Crippen molar-refractivity contribution in [3.8, 4) is 0 Å². The van der Waals surface area contributed by atoms with Crippen LogP contribution in [-0.4, -0.2) is 31.2 Å². The number of halogens is 1. The molecular formula is C22H17ClN2O7S. The summed E-state index contributed by atoms with van der Waals surface area (Å²) in [5, 5.41) is 10.8. The molecule has 1 N–H and O–H groups in total. The Kier molecular flexibility index (Phi) is 7.10. The van der Waals surface area contributed by atoms with Gasteiger partial charge in [0.15, 0.2) is 6.10 Å². The maximum Gasteiger partial charge on any atom is 0.340 e. The molecule has 0 heterocycles. The van der Waals surface area contributed by atoms with Gasteiger partial charge in [-0.05, 0) is 25.1 Å². The number of ether oxygens (including phenoxy) is 1. The van der Waals surface area contributed by atoms with Gasteiger partial charge < -0.3 is 4.74 Å². The van der Waals surface area contributed by atoms with Gasteiger partial charge in [0.1, 0.15) is 4.90 Å². The van der Waals surface area contributed by atoms with Crippen LogP contribution in [0.4, 0.5) is 11.4 Å². The van der Waals surface area contributed by atoms with Crippen molar-refractivity contribution in [2.45, 2.75) is 17.9 Å². The number of non-ortho nitro benzene ring substituents is 1. The molecule has 1 atom stereocenters. The number of rotatable bonds is 8. The molecule has 11 heteroatoms. The molecule has 0 amide bonds. The van der Waals surface area contributed by atoms with Crippen LogP contribution in [0.5, 0.6) is 0 Å². The number of carbonyl (C=O) groups excluding carboxylic acids is 2. The minimum atomic E-state index is -4.40. The quantitative estimate of drug-likeness (QED) is 0.214. The van der Waals surface area contributed by atoms with Crippen molar-refractivity contribution in [3.05, 3.63) is 99.1 Å². The number of carbonyl (C=O) groups is 2. The molecule has 0 aliphatic heterocycles. The number of nitro benzene ring substituents is 1. The van der Waals surface area contributed by atoms with Crippen molar-refractivity contribution in [2.75, 3.05) is 4.72 Å². The highest BCUT2D eigenvalue weighted by atomic mass is 35.5. The Morgan fingerprint density at radius 1 is 1.03 bits per heavy atom. The van der Waals surface area contributed by atoms with Crippen LogP contribution in [0.15, 0.2) is 77.7 Å². The molecule has 9 nitrogen and oxygen atoms in total. The first-order chi connectivity index (χ1) is 15.6. The topological polar surface area (TPSA) is 133 Å². The van der Waals surface area contributed by atoms with E-state index in [0.717, 1.165) is 18.2 Å². The fourth-order valence-electron chi connectivity index (χ4n) is 2.88. The maximum atomic E-state index is 12.9. The summed E-state index contributed by atoms with van der Waals surface area (Å²) < 4.78 is 33.2. The summed E-state index contributed by atoms with van der Waals surface area (Å²) in [6.45, 7) is 1.41. The number of Topliss-reactive ketones (excluding diaryl/α,β-unsaturated/α-hetero) is 1. The van der Waals surface area contributed by atoms with Gasteiger partial charge in [0, 0.05) is 17.7 Å². The number of hydrogen-bond donors (Lipinski definition) is 1. The summed E-state index contributed by atoms with van der Waals surface area (Å²) in [4.78, 5) is 34.9. The lowest BCUT2D eigenvalue weighted by atomic mass is 10.1. The van der Waals surface area contributed by atoms with Gasteiger partial charge in [-0.25, -0.2) is 13.2 Å². The lowest BCUT2D eigenvalue weighted by molar-refractivity contribution is -0.385. The highest BCUT2D eigenvalue weighted by molar-refractivity contribution is 7.92. The smallest absolute Gasteiger partial charge is 0.340 e. The first kappa shape index (κ1) is 23.9. The Balaban J connectivity index is 1.86. The summed E-state index contributed by atoms with van der Waals surface area (Å²) in [6.07, 6.45) is -1.13. The molecule has 0 radical (unpaired) electrons. The molecule has 33 heavy (non-hydrogen) atoms. The van der Waals surface area contributed by atoms with E-state index in [9.17, 15) is 28.1 Å². The summed E-state index contributed by atoms with van der Waals surface area (Å²) in [7, 11) is -4.40. The van der Waals surface area contributed by atoms with Crippen LogP contribution in [-0.2, 0) is 14.8 Å². The Bertz CT molecular complexity index is 1330. The SMILES string of the molecule is C[C@H](OC(=O)c1ccccc1NS(=O)(=O)c1cc([N+](=O)[O-])ccc1Cl)C(=O)c1ccccc1. The van der Waals surface area contributed by atoms with E-state index in [1.165, 1.54) is 31.2 Å². The molecule has 0 bridgehead atoms. The molecule has 0 fully saturated rings. The minimum Gasteiger partial charge on any atom is -0.451 e. The third kappa shape index (κ3) is 5.54. The van der Waals surface area contributed by atoms with Crippen LogP contribution in [0.2, 0.25) is 5.02 Å². The molecule has 3 aromatic rings. The number of para-hydroxylation sites is 1. The van der Waals surface area contributed by atoms with Gasteiger partial charge in [-0.2, -0.15) is 0 Å². The van der Waals surface area contributed by atoms with E-state index >= 15 is 0 Å². The molecule has 0 aliphatic carbocycles. The highest BCUT2D eigenvalue weighted by Gasteiger charge is 2.26. The van der Waals surface area contributed by atoms with Gasteiger partial charge in [-0.3, -0.25) is 19.6 Å². The summed E-state index contributed by atoms with van der Waals surface area (Å²) in [5.41, 5.74) is -0.424. The number of nitro groups is 1. The van der Waals surface area contributed by atoms with E-state index in [2.05, 4.69) is 4.72 Å². The van der Waals surface area contributed by atoms with Crippen molar-refractivity contribution < 1.29 is 27.7 Å². The van der Waals surface area contributed by atoms with E-state index < -0.39 is 43.4 Å². The lowest BCUT2D eigenvalue weighted by Gasteiger charge is -2.15. The molecule has 0 saturated heterocycles. The number of anilines is 1. The second-order valence-corrected chi connectivity index (χ2v) is 8.86. The van der Waals surface area contributed by atoms with Crippen molar-refractivity contribution in [1.82, 2.24) is 0 Å². The van der Waals surface area contributed by atoms with Gasteiger partial charge in [-0.15, -0.1) is 0 Å². The number of sulfonamides is 1. The lowest BCUT2D eigenvalue weighted by Crippen LogP contribution is -2.25. The van der Waals surface area contributed by atoms with Gasteiger partial charge in [0.05, 0.1) is 21.2 Å². The standard InChI is InChI=1S/C22H17ClN2O7S/c1-14(21(26)15-7-3-2-4-8-15)32-22(27)17-9-5-6-10-19(17)24-33(30,31)20-13-16(25(28)29)11-12-18(20)23/h2-14,24H,1H3/t14-/m0/s1. The molecular weight excluding hydrogens is 472 g/mol. The van der Waals surface area contributed by atoms with Gasteiger partial charge in [0.25, 0.3) is 15.7 Å². The minimum absolute atomic E-state index is 0.149. The van der Waals surface area contributed by atoms with Crippen LogP contribution in [0.3, 0.4) is 0 Å². The van der Waals surface area contributed by atoms with Crippen LogP contribution in [0, 0.1) is 10.1 Å². The number of hydrogen-bond acceptors (Lipinski definition) is 7. The Labute approximate surface area is 194 Å². The second-order valence-electron chi connectivity index (χ2n) is 6.80. The number of esters is 1. The first-order valence-corrected chi connectivity index (χ1v) is 11.3. The fourth-order valence-corrected chi connectivity index (χ4v) is 4.48. The van der Waals surface area contributed by atoms with E-state index in [4.69, 9.17) is 16.3 Å². The summed E-state index contributed by atoms with van der Waals surface area (Å²) in [6, 6.07) is 16.8. The number of benzene rings is 3. The third-order valence-electron chi connectivity index (χ3n) is 4.52. The summed E-state index contributed by atoms with van der Waals surface area (Å²) >= 11 is 5.95. The van der Waals surface area contributed by atoms with E-state index in [-0.39, 0.29) is 16.3 Å². The van der Waals surface area contributed by atoms with Crippen molar-refractivity contribution in [1.29, 1.82) is 0 Å². The van der Waals surface area contributed by atoms with Crippen LogP contribution < -0.4 is 4.72 Å². The molecule has 0 aromatic heterocycles. The maximum absolute atomic E-state index is 12.9. The zero-order valence-corrected chi connectivity index (χ0v) is 18.7. The fraction of sp³-hybridized carbons (Fsp3) is 0.0909. The zero-order valence-electron chi connectivity index (χ0n) is 17.1. The van der Waals surface area contributed by atoms with E-state index in [1.54, 1.807) is 30.3 Å². The third-order valence-corrected chi connectivity index (χ3v) is 6.36. The Hall–Kier alpha value is -3.76. The monoisotopic (exact) mass is 488 g/mol. The van der Waals surface area contributed by atoms with Gasteiger partial charge in [-0.1, -0.05) is 54.1 Å². The number of nitrogens with zero attached hydrogens (tertiary/aromatic N) is 1. The second kappa shape index (κ2) is 9.80. The van der Waals surface area contributed by atoms with Crippen LogP contribution >= 0.6 is 11.6 Å². The van der Waals surface area contributed by atoms with Crippen molar-refractivity contribution >= 4 is 44.8 Å². The number of nitrogens with one attached hydrogen (secondary N) is 1. The van der Waals surface area contributed by atoms with Crippen LogP contribution in [0.1, 0.15) is 27.6 Å². The highest BCUT2D eigenvalue weighted by Crippen LogP contribution is 2.29. The zero-order chi connectivity index (χ0) is 24.2. The molecule has 170 valence electrons. The molecule has 3 aromatic carbocycles. The normalized spacial score (nSPS) is 11.9. The molecule has 0 aliphatic rings. The molecule has 0 unspecified atom stereocenters. The first-order valence-electron chi connectivity index (χ1n) is 9.46. The molecule has 0 saturated carbocycles. The molecule has 3 rings (SSSR count). The van der Waals surface area contributed by atoms with Crippen molar-refractivity contribution in [2.24, 2.45) is 0 Å².